The zero-order valence-corrected chi connectivity index (χ0v) is 19.4. The maximum absolute atomic E-state index is 15.1. The van der Waals surface area contributed by atoms with Gasteiger partial charge in [-0.15, -0.1) is 0 Å². The fourth-order valence-corrected chi connectivity index (χ4v) is 3.91. The highest BCUT2D eigenvalue weighted by Gasteiger charge is 2.31. The molecule has 4 nitrogen and oxygen atoms in total. The van der Waals surface area contributed by atoms with Gasteiger partial charge >= 0.3 is 12.1 Å². The third kappa shape index (κ3) is 5.48. The number of unbranched alkanes of at least 4 members (excludes halogenated alkanes) is 2. The first-order valence-corrected chi connectivity index (χ1v) is 11.5. The molecular weight excluding hydrogens is 474 g/mol. The highest BCUT2D eigenvalue weighted by molar-refractivity contribution is 6.04. The molecule has 0 aliphatic rings. The van der Waals surface area contributed by atoms with Gasteiger partial charge in [0.15, 0.2) is 0 Å². The number of pyridine rings is 1. The van der Waals surface area contributed by atoms with Crippen molar-refractivity contribution in [3.05, 3.63) is 83.7 Å². The number of carboxylic acid groups (broad SMARTS) is 1. The van der Waals surface area contributed by atoms with Crippen LogP contribution >= 0.6 is 0 Å². The molecule has 0 aliphatic heterocycles. The van der Waals surface area contributed by atoms with Crippen LogP contribution in [0.4, 0.5) is 17.6 Å². The Morgan fingerprint density at radius 2 is 1.67 bits per heavy atom. The predicted octanol–water partition coefficient (Wildman–Crippen LogP) is 7.99. The predicted molar refractivity (Wildman–Crippen MR) is 130 cm³/mol. The normalized spacial score (nSPS) is 11.6. The molecule has 36 heavy (non-hydrogen) atoms. The molecule has 3 aromatic carbocycles. The molecule has 0 radical (unpaired) electrons. The summed E-state index contributed by atoms with van der Waals surface area (Å²) in [5.41, 5.74) is 0.164. The van der Waals surface area contributed by atoms with E-state index in [1.165, 1.54) is 6.07 Å². The summed E-state index contributed by atoms with van der Waals surface area (Å²) in [4.78, 5) is 16.1. The topological polar surface area (TPSA) is 59.4 Å². The summed E-state index contributed by atoms with van der Waals surface area (Å²) in [5, 5.41) is 9.46. The first kappa shape index (κ1) is 25.2. The van der Waals surface area contributed by atoms with Gasteiger partial charge in [-0.25, -0.2) is 14.2 Å². The van der Waals surface area contributed by atoms with Gasteiger partial charge in [-0.2, -0.15) is 13.2 Å². The minimum atomic E-state index is -4.62. The van der Waals surface area contributed by atoms with Gasteiger partial charge in [0.05, 0.1) is 28.9 Å². The van der Waals surface area contributed by atoms with Crippen molar-refractivity contribution in [3.63, 3.8) is 0 Å². The van der Waals surface area contributed by atoms with Crippen molar-refractivity contribution in [1.82, 2.24) is 4.98 Å². The Bertz CT molecular complexity index is 1400. The summed E-state index contributed by atoms with van der Waals surface area (Å²) in [6.07, 6.45) is -1.47. The van der Waals surface area contributed by atoms with Crippen LogP contribution in [-0.2, 0) is 6.18 Å². The first-order chi connectivity index (χ1) is 17.2. The SMILES string of the molecule is CCCCCOc1ccc(-c2ccc(-c3cc(C(=O)O)c4cc(C(F)(F)F)ccc4n3)cc2F)cc1. The number of fused-ring (bicyclic) bond motifs is 1. The molecule has 1 N–H and O–H groups in total. The second kappa shape index (κ2) is 10.4. The maximum atomic E-state index is 15.1. The quantitative estimate of drug-likeness (QED) is 0.198. The van der Waals surface area contributed by atoms with E-state index in [9.17, 15) is 23.1 Å². The van der Waals surface area contributed by atoms with E-state index in [-0.39, 0.29) is 22.2 Å². The molecule has 0 spiro atoms. The molecule has 0 aliphatic carbocycles. The molecule has 0 amide bonds. The van der Waals surface area contributed by atoms with Crippen LogP contribution in [0, 0.1) is 5.82 Å². The zero-order chi connectivity index (χ0) is 25.9. The van der Waals surface area contributed by atoms with Gasteiger partial charge in [0.1, 0.15) is 11.6 Å². The van der Waals surface area contributed by atoms with Gasteiger partial charge in [0.25, 0.3) is 0 Å². The molecule has 8 heteroatoms. The summed E-state index contributed by atoms with van der Waals surface area (Å²) in [5.74, 6) is -1.26. The van der Waals surface area contributed by atoms with E-state index in [4.69, 9.17) is 4.74 Å². The van der Waals surface area contributed by atoms with Gasteiger partial charge in [-0.3, -0.25) is 0 Å². The van der Waals surface area contributed by atoms with E-state index in [0.29, 0.717) is 29.0 Å². The number of hydrogen-bond donors (Lipinski definition) is 1. The highest BCUT2D eigenvalue weighted by atomic mass is 19.4. The van der Waals surface area contributed by atoms with Crippen molar-refractivity contribution in [2.75, 3.05) is 6.61 Å². The summed E-state index contributed by atoms with van der Waals surface area (Å²) in [6.45, 7) is 2.73. The fraction of sp³-hybridized carbons (Fsp3) is 0.214. The number of carbonyl (C=O) groups is 1. The largest absolute Gasteiger partial charge is 0.494 e. The van der Waals surface area contributed by atoms with E-state index >= 15 is 4.39 Å². The van der Waals surface area contributed by atoms with Gasteiger partial charge in [-0.1, -0.05) is 44.0 Å². The van der Waals surface area contributed by atoms with E-state index in [2.05, 4.69) is 11.9 Å². The number of halogens is 4. The van der Waals surface area contributed by atoms with Crippen LogP contribution in [-0.4, -0.2) is 22.7 Å². The molecule has 0 saturated carbocycles. The third-order valence-electron chi connectivity index (χ3n) is 5.81. The lowest BCUT2D eigenvalue weighted by molar-refractivity contribution is -0.137. The summed E-state index contributed by atoms with van der Waals surface area (Å²) in [7, 11) is 0. The number of nitrogens with zero attached hydrogens (tertiary/aromatic N) is 1. The number of benzene rings is 3. The Labute approximate surface area is 205 Å². The van der Waals surface area contributed by atoms with Crippen LogP contribution in [0.1, 0.15) is 42.1 Å². The highest BCUT2D eigenvalue weighted by Crippen LogP contribution is 2.34. The van der Waals surface area contributed by atoms with Crippen LogP contribution in [0.25, 0.3) is 33.3 Å². The molecule has 0 fully saturated rings. The van der Waals surface area contributed by atoms with Crippen LogP contribution in [0.2, 0.25) is 0 Å². The second-order valence-corrected chi connectivity index (χ2v) is 8.36. The van der Waals surface area contributed by atoms with Crippen LogP contribution in [0.15, 0.2) is 66.7 Å². The van der Waals surface area contributed by atoms with Crippen molar-refractivity contribution < 1.29 is 32.2 Å². The lowest BCUT2D eigenvalue weighted by Gasteiger charge is -2.12. The van der Waals surface area contributed by atoms with Crippen molar-refractivity contribution >= 4 is 16.9 Å². The molecule has 4 aromatic rings. The Morgan fingerprint density at radius 1 is 0.944 bits per heavy atom. The minimum absolute atomic E-state index is 0.0666. The third-order valence-corrected chi connectivity index (χ3v) is 5.81. The molecule has 4 rings (SSSR count). The first-order valence-electron chi connectivity index (χ1n) is 11.5. The van der Waals surface area contributed by atoms with Crippen molar-refractivity contribution in [2.45, 2.75) is 32.4 Å². The number of aromatic carboxylic acids is 1. The average molecular weight is 497 g/mol. The number of carboxylic acids is 1. The van der Waals surface area contributed by atoms with Crippen molar-refractivity contribution in [2.24, 2.45) is 0 Å². The summed E-state index contributed by atoms with van der Waals surface area (Å²) >= 11 is 0. The van der Waals surface area contributed by atoms with E-state index < -0.39 is 23.5 Å². The Morgan fingerprint density at radius 3 is 2.31 bits per heavy atom. The Balaban J connectivity index is 1.64. The summed E-state index contributed by atoms with van der Waals surface area (Å²) < 4.78 is 60.1. The number of ether oxygens (including phenoxy) is 1. The van der Waals surface area contributed by atoms with E-state index in [0.717, 1.165) is 43.5 Å². The zero-order valence-electron chi connectivity index (χ0n) is 19.4. The fourth-order valence-electron chi connectivity index (χ4n) is 3.91. The van der Waals surface area contributed by atoms with Crippen molar-refractivity contribution in [1.29, 1.82) is 0 Å². The number of aromatic nitrogens is 1. The Hall–Kier alpha value is -3.94. The van der Waals surface area contributed by atoms with Crippen LogP contribution < -0.4 is 4.74 Å². The number of alkyl halides is 3. The molecule has 1 aromatic heterocycles. The molecular formula is C28H23F4NO3. The van der Waals surface area contributed by atoms with Gasteiger partial charge in [0.2, 0.25) is 0 Å². The average Bonchev–Trinajstić information content (AvgIpc) is 2.85. The second-order valence-electron chi connectivity index (χ2n) is 8.36. The van der Waals surface area contributed by atoms with Gasteiger partial charge in [-0.05, 0) is 54.4 Å². The molecule has 1 heterocycles. The molecule has 0 bridgehead atoms. The Kier molecular flexibility index (Phi) is 7.24. The van der Waals surface area contributed by atoms with E-state index in [1.54, 1.807) is 36.4 Å². The molecule has 186 valence electrons. The minimum Gasteiger partial charge on any atom is -0.494 e. The monoisotopic (exact) mass is 497 g/mol. The van der Waals surface area contributed by atoms with Gasteiger partial charge < -0.3 is 9.84 Å². The number of hydrogen-bond acceptors (Lipinski definition) is 3. The summed E-state index contributed by atoms with van der Waals surface area (Å²) in [6, 6.07) is 15.3. The van der Waals surface area contributed by atoms with Crippen LogP contribution in [0.5, 0.6) is 5.75 Å². The van der Waals surface area contributed by atoms with Crippen molar-refractivity contribution in [3.8, 4) is 28.1 Å². The molecule has 0 atom stereocenters. The molecule has 0 unspecified atom stereocenters. The van der Waals surface area contributed by atoms with Gasteiger partial charge in [0, 0.05) is 16.5 Å². The van der Waals surface area contributed by atoms with Crippen LogP contribution in [0.3, 0.4) is 0 Å². The lowest BCUT2D eigenvalue weighted by Crippen LogP contribution is -2.06. The number of rotatable bonds is 8. The molecule has 0 saturated heterocycles. The maximum Gasteiger partial charge on any atom is 0.416 e. The van der Waals surface area contributed by atoms with E-state index in [1.807, 2.05) is 0 Å². The standard InChI is InChI=1S/C28H23F4NO3/c1-2-3-4-13-36-20-9-5-17(6-10-20)21-11-7-18(14-24(21)29)26-16-23(27(34)35)22-15-19(28(30,31)32)8-12-25(22)33-26/h5-12,14-16H,2-4,13H2,1H3,(H,34,35). The smallest absolute Gasteiger partial charge is 0.416 e. The lowest BCUT2D eigenvalue weighted by atomic mass is 9.99.